The third kappa shape index (κ3) is 3.76. The molecule has 0 spiro atoms. The molecule has 3 aromatic rings. The molecule has 0 atom stereocenters. The number of hydrogen-bond acceptors (Lipinski definition) is 2. The molecule has 0 N–H and O–H groups in total. The summed E-state index contributed by atoms with van der Waals surface area (Å²) in [7, 11) is 0. The molecule has 0 amide bonds. The fraction of sp³-hybridized carbons (Fsp3) is 0.0909. The fourth-order valence-corrected chi connectivity index (χ4v) is 3.47. The average Bonchev–Trinajstić information content (AvgIpc) is 2.94. The largest absolute Gasteiger partial charge is 0.315 e. The van der Waals surface area contributed by atoms with Gasteiger partial charge in [-0.2, -0.15) is 5.26 Å². The fourth-order valence-electron chi connectivity index (χ4n) is 3.05. The van der Waals surface area contributed by atoms with E-state index in [4.69, 9.17) is 0 Å². The van der Waals surface area contributed by atoms with Gasteiger partial charge in [-0.25, -0.2) is 4.39 Å². The topological polar surface area (TPSA) is 45.8 Å². The summed E-state index contributed by atoms with van der Waals surface area (Å²) >= 11 is 3.38. The van der Waals surface area contributed by atoms with Crippen LogP contribution in [0, 0.1) is 31.0 Å². The van der Waals surface area contributed by atoms with Crippen LogP contribution in [0.3, 0.4) is 0 Å². The molecule has 27 heavy (non-hydrogen) atoms. The van der Waals surface area contributed by atoms with Crippen molar-refractivity contribution in [3.05, 3.63) is 93.0 Å². The van der Waals surface area contributed by atoms with Gasteiger partial charge in [0.25, 0.3) is 0 Å². The van der Waals surface area contributed by atoms with Crippen molar-refractivity contribution in [2.24, 2.45) is 0 Å². The maximum absolute atomic E-state index is 14.2. The Morgan fingerprint density at radius 1 is 1.15 bits per heavy atom. The smallest absolute Gasteiger partial charge is 0.205 e. The van der Waals surface area contributed by atoms with Crippen LogP contribution in [0.5, 0.6) is 0 Å². The van der Waals surface area contributed by atoms with Gasteiger partial charge in [-0.1, -0.05) is 40.2 Å². The molecule has 0 aliphatic carbocycles. The number of allylic oxidation sites excluding steroid dienone is 1. The van der Waals surface area contributed by atoms with Crippen LogP contribution >= 0.6 is 15.9 Å². The molecule has 0 aliphatic heterocycles. The van der Waals surface area contributed by atoms with E-state index in [0.29, 0.717) is 16.9 Å². The summed E-state index contributed by atoms with van der Waals surface area (Å²) in [5.41, 5.74) is 2.86. The number of benzene rings is 2. The van der Waals surface area contributed by atoms with E-state index < -0.39 is 0 Å². The van der Waals surface area contributed by atoms with E-state index in [9.17, 15) is 14.4 Å². The lowest BCUT2D eigenvalue weighted by molar-refractivity contribution is 0.103. The van der Waals surface area contributed by atoms with Gasteiger partial charge in [-0.3, -0.25) is 4.79 Å². The number of hydrogen-bond donors (Lipinski definition) is 0. The van der Waals surface area contributed by atoms with Crippen LogP contribution in [0.4, 0.5) is 4.39 Å². The highest BCUT2D eigenvalue weighted by atomic mass is 79.9. The van der Waals surface area contributed by atoms with E-state index in [0.717, 1.165) is 15.7 Å². The number of aromatic nitrogens is 1. The van der Waals surface area contributed by atoms with Gasteiger partial charge in [0.2, 0.25) is 5.78 Å². The Morgan fingerprint density at radius 2 is 1.89 bits per heavy atom. The van der Waals surface area contributed by atoms with Crippen LogP contribution in [0.15, 0.2) is 64.6 Å². The second kappa shape index (κ2) is 7.73. The van der Waals surface area contributed by atoms with E-state index in [2.05, 4.69) is 15.9 Å². The highest BCUT2D eigenvalue weighted by Gasteiger charge is 2.21. The van der Waals surface area contributed by atoms with Crippen molar-refractivity contribution < 1.29 is 9.18 Å². The second-order valence-corrected chi connectivity index (χ2v) is 7.04. The summed E-state index contributed by atoms with van der Waals surface area (Å²) < 4.78 is 16.8. The molecular weight excluding hydrogens is 407 g/mol. The standard InChI is InChI=1S/C22H16BrFN2O/c1-14-10-19(15(2)26(14)21-9-4-3-8-20(21)24)22(27)17(13-25)11-16-6-5-7-18(23)12-16/h3-12H,1-2H3/b17-11+. The molecule has 3 rings (SSSR count). The van der Waals surface area contributed by atoms with Gasteiger partial charge >= 0.3 is 0 Å². The predicted molar refractivity (Wildman–Crippen MR) is 107 cm³/mol. The quantitative estimate of drug-likeness (QED) is 0.303. The Labute approximate surface area is 165 Å². The first-order valence-corrected chi connectivity index (χ1v) is 9.07. The maximum atomic E-state index is 14.2. The van der Waals surface area contributed by atoms with Gasteiger partial charge in [0, 0.05) is 21.4 Å². The van der Waals surface area contributed by atoms with Crippen LogP contribution in [0.1, 0.15) is 27.3 Å². The Hall–Kier alpha value is -2.97. The minimum Gasteiger partial charge on any atom is -0.315 e. The maximum Gasteiger partial charge on any atom is 0.205 e. The van der Waals surface area contributed by atoms with Crippen LogP contribution in [-0.2, 0) is 0 Å². The summed E-state index contributed by atoms with van der Waals surface area (Å²) in [5.74, 6) is -0.753. The minimum atomic E-state index is -0.381. The molecule has 0 fully saturated rings. The lowest BCUT2D eigenvalue weighted by atomic mass is 10.0. The van der Waals surface area contributed by atoms with Crippen LogP contribution in [0.2, 0.25) is 0 Å². The molecule has 3 nitrogen and oxygen atoms in total. The number of para-hydroxylation sites is 1. The number of carbonyl (C=O) groups is 1. The Bertz CT molecular complexity index is 1110. The number of halogens is 2. The number of ketones is 1. The van der Waals surface area contributed by atoms with Gasteiger partial charge in [-0.15, -0.1) is 0 Å². The first-order valence-electron chi connectivity index (χ1n) is 8.28. The number of rotatable bonds is 4. The van der Waals surface area contributed by atoms with Gasteiger partial charge in [-0.05, 0) is 55.8 Å². The van der Waals surface area contributed by atoms with Crippen LogP contribution in [0.25, 0.3) is 11.8 Å². The Morgan fingerprint density at radius 3 is 2.56 bits per heavy atom. The molecule has 0 radical (unpaired) electrons. The Kier molecular flexibility index (Phi) is 5.38. The number of aryl methyl sites for hydroxylation is 1. The molecule has 0 bridgehead atoms. The van der Waals surface area contributed by atoms with Crippen LogP contribution < -0.4 is 0 Å². The molecule has 1 aromatic heterocycles. The molecule has 5 heteroatoms. The third-order valence-corrected chi connectivity index (χ3v) is 4.79. The molecule has 0 saturated heterocycles. The molecule has 134 valence electrons. The monoisotopic (exact) mass is 422 g/mol. The normalized spacial score (nSPS) is 11.3. The van der Waals surface area contributed by atoms with E-state index in [-0.39, 0.29) is 17.2 Å². The van der Waals surface area contributed by atoms with E-state index in [1.165, 1.54) is 6.07 Å². The summed E-state index contributed by atoms with van der Waals surface area (Å²) in [5, 5.41) is 9.50. The minimum absolute atomic E-state index is 0.0295. The number of nitrogens with zero attached hydrogens (tertiary/aromatic N) is 2. The second-order valence-electron chi connectivity index (χ2n) is 6.13. The highest BCUT2D eigenvalue weighted by molar-refractivity contribution is 9.10. The van der Waals surface area contributed by atoms with Crippen molar-refractivity contribution in [3.8, 4) is 11.8 Å². The molecule has 0 saturated carbocycles. The lowest BCUT2D eigenvalue weighted by Crippen LogP contribution is -2.06. The SMILES string of the molecule is Cc1cc(C(=O)/C(C#N)=C/c2cccc(Br)c2)c(C)n1-c1ccccc1F. The molecule has 1 heterocycles. The molecule has 0 unspecified atom stereocenters. The molecular formula is C22H16BrFN2O. The highest BCUT2D eigenvalue weighted by Crippen LogP contribution is 2.25. The van der Waals surface area contributed by atoms with Gasteiger partial charge in [0.1, 0.15) is 17.5 Å². The van der Waals surface area contributed by atoms with Gasteiger partial charge < -0.3 is 4.57 Å². The number of Topliss-reactive ketones (excluding diaryl/α,β-unsaturated/α-hetero) is 1. The van der Waals surface area contributed by atoms with E-state index in [1.807, 2.05) is 30.3 Å². The van der Waals surface area contributed by atoms with E-state index >= 15 is 0 Å². The van der Waals surface area contributed by atoms with Crippen molar-refractivity contribution in [2.45, 2.75) is 13.8 Å². The van der Waals surface area contributed by atoms with E-state index in [1.54, 1.807) is 48.8 Å². The van der Waals surface area contributed by atoms with Crippen molar-refractivity contribution >= 4 is 27.8 Å². The van der Waals surface area contributed by atoms with Crippen molar-refractivity contribution in [1.82, 2.24) is 4.57 Å². The third-order valence-electron chi connectivity index (χ3n) is 4.29. The van der Waals surface area contributed by atoms with Crippen LogP contribution in [-0.4, -0.2) is 10.4 Å². The average molecular weight is 423 g/mol. The van der Waals surface area contributed by atoms with Gasteiger partial charge in [0.05, 0.1) is 5.69 Å². The molecule has 0 aliphatic rings. The zero-order chi connectivity index (χ0) is 19.6. The molecule has 2 aromatic carbocycles. The zero-order valence-electron chi connectivity index (χ0n) is 14.8. The van der Waals surface area contributed by atoms with Crippen molar-refractivity contribution in [3.63, 3.8) is 0 Å². The first kappa shape index (κ1) is 18.8. The van der Waals surface area contributed by atoms with Gasteiger partial charge in [0.15, 0.2) is 0 Å². The summed E-state index contributed by atoms with van der Waals surface area (Å²) in [6.45, 7) is 3.56. The number of carbonyl (C=O) groups excluding carboxylic acids is 1. The predicted octanol–water partition coefficient (Wildman–Crippen LogP) is 5.79. The number of nitriles is 1. The first-order chi connectivity index (χ1) is 12.9. The van der Waals surface area contributed by atoms with Crippen molar-refractivity contribution in [1.29, 1.82) is 5.26 Å². The summed E-state index contributed by atoms with van der Waals surface area (Å²) in [6.07, 6.45) is 1.56. The lowest BCUT2D eigenvalue weighted by Gasteiger charge is -2.10. The summed E-state index contributed by atoms with van der Waals surface area (Å²) in [4.78, 5) is 13.0. The zero-order valence-corrected chi connectivity index (χ0v) is 16.4. The van der Waals surface area contributed by atoms with Crippen molar-refractivity contribution in [2.75, 3.05) is 0 Å². The Balaban J connectivity index is 2.06. The summed E-state index contributed by atoms with van der Waals surface area (Å²) in [6, 6.07) is 17.4.